The highest BCUT2D eigenvalue weighted by atomic mass is 14.3. The molecule has 0 bridgehead atoms. The third-order valence-electron chi connectivity index (χ3n) is 3.37. The van der Waals surface area contributed by atoms with Crippen LogP contribution in [0.25, 0.3) is 0 Å². The summed E-state index contributed by atoms with van der Waals surface area (Å²) in [4.78, 5) is 0. The van der Waals surface area contributed by atoms with Crippen LogP contribution in [-0.4, -0.2) is 0 Å². The first-order valence-corrected chi connectivity index (χ1v) is 6.14. The lowest BCUT2D eigenvalue weighted by Crippen LogP contribution is -2.18. The molecule has 0 unspecified atom stereocenters. The Morgan fingerprint density at radius 2 is 1.93 bits per heavy atom. The van der Waals surface area contributed by atoms with Crippen LogP contribution in [0.5, 0.6) is 0 Å². The van der Waals surface area contributed by atoms with Crippen molar-refractivity contribution in [2.24, 2.45) is 5.41 Å². The molecule has 14 heavy (non-hydrogen) atoms. The molecular formula is C14H24. The van der Waals surface area contributed by atoms with E-state index in [1.165, 1.54) is 51.4 Å². The van der Waals surface area contributed by atoms with Crippen LogP contribution in [0.2, 0.25) is 0 Å². The highest BCUT2D eigenvalue weighted by Gasteiger charge is 2.25. The molecule has 1 saturated carbocycles. The van der Waals surface area contributed by atoms with Crippen molar-refractivity contribution in [3.63, 3.8) is 0 Å². The Morgan fingerprint density at radius 1 is 1.21 bits per heavy atom. The smallest absolute Gasteiger partial charge is 0.00583 e. The fraction of sp³-hybridized carbons (Fsp3) is 0.714. The van der Waals surface area contributed by atoms with E-state index in [9.17, 15) is 0 Å². The van der Waals surface area contributed by atoms with Gasteiger partial charge in [0.25, 0.3) is 0 Å². The predicted octanol–water partition coefficient (Wildman–Crippen LogP) is 4.87. The van der Waals surface area contributed by atoms with E-state index in [0.29, 0.717) is 5.41 Å². The van der Waals surface area contributed by atoms with Gasteiger partial charge in [0.15, 0.2) is 0 Å². The molecule has 0 aromatic rings. The van der Waals surface area contributed by atoms with Gasteiger partial charge in [-0.25, -0.2) is 0 Å². The summed E-state index contributed by atoms with van der Waals surface area (Å²) in [6.45, 7) is 6.25. The molecule has 1 rings (SSSR count). The summed E-state index contributed by atoms with van der Waals surface area (Å²) in [5.74, 6) is 0. The maximum absolute atomic E-state index is 4.00. The second-order valence-electron chi connectivity index (χ2n) is 4.54. The van der Waals surface area contributed by atoms with Gasteiger partial charge in [0, 0.05) is 5.41 Å². The Kier molecular flexibility index (Phi) is 5.00. The van der Waals surface area contributed by atoms with E-state index in [2.05, 4.69) is 31.7 Å². The molecule has 1 aliphatic rings. The fourth-order valence-electron chi connectivity index (χ4n) is 2.29. The lowest BCUT2D eigenvalue weighted by molar-refractivity contribution is 0.326. The highest BCUT2D eigenvalue weighted by molar-refractivity contribution is 5.10. The average molecular weight is 192 g/mol. The third-order valence-corrected chi connectivity index (χ3v) is 3.37. The van der Waals surface area contributed by atoms with E-state index < -0.39 is 0 Å². The maximum atomic E-state index is 4.00. The van der Waals surface area contributed by atoms with E-state index >= 15 is 0 Å². The second-order valence-corrected chi connectivity index (χ2v) is 4.54. The van der Waals surface area contributed by atoms with E-state index in [-0.39, 0.29) is 0 Å². The standard InChI is InChI=1S/C14H24/c1-3-5-6-8-11-14(4-2)12-9-7-10-13-14/h4,8,11H,2-3,5-7,9-10,12-13H2,1H3. The van der Waals surface area contributed by atoms with Crippen molar-refractivity contribution in [1.82, 2.24) is 0 Å². The topological polar surface area (TPSA) is 0 Å². The Balaban J connectivity index is 2.43. The molecule has 0 atom stereocenters. The Bertz CT molecular complexity index is 182. The summed E-state index contributed by atoms with van der Waals surface area (Å²) < 4.78 is 0. The predicted molar refractivity (Wildman–Crippen MR) is 64.4 cm³/mol. The molecule has 0 saturated heterocycles. The second kappa shape index (κ2) is 6.06. The van der Waals surface area contributed by atoms with Gasteiger partial charge in [0.1, 0.15) is 0 Å². The zero-order chi connectivity index (χ0) is 10.3. The van der Waals surface area contributed by atoms with Crippen LogP contribution in [0.3, 0.4) is 0 Å². The SMILES string of the molecule is C=CC1(C=CCCCC)CCCCC1. The zero-order valence-corrected chi connectivity index (χ0v) is 9.60. The van der Waals surface area contributed by atoms with Gasteiger partial charge in [-0.3, -0.25) is 0 Å². The van der Waals surface area contributed by atoms with Crippen molar-refractivity contribution < 1.29 is 0 Å². The first-order chi connectivity index (χ1) is 6.83. The molecule has 1 aliphatic carbocycles. The van der Waals surface area contributed by atoms with Crippen LogP contribution in [-0.2, 0) is 0 Å². The first kappa shape index (κ1) is 11.6. The van der Waals surface area contributed by atoms with E-state index in [4.69, 9.17) is 0 Å². The number of hydrogen-bond donors (Lipinski definition) is 0. The van der Waals surface area contributed by atoms with Gasteiger partial charge in [-0.15, -0.1) is 6.58 Å². The fourth-order valence-corrected chi connectivity index (χ4v) is 2.29. The molecule has 0 amide bonds. The van der Waals surface area contributed by atoms with Crippen molar-refractivity contribution in [3.05, 3.63) is 24.8 Å². The summed E-state index contributed by atoms with van der Waals surface area (Å²) >= 11 is 0. The minimum absolute atomic E-state index is 0.353. The summed E-state index contributed by atoms with van der Waals surface area (Å²) in [6.07, 6.45) is 17.6. The quantitative estimate of drug-likeness (QED) is 0.430. The van der Waals surface area contributed by atoms with Crippen molar-refractivity contribution in [3.8, 4) is 0 Å². The molecule has 0 N–H and O–H groups in total. The van der Waals surface area contributed by atoms with Crippen molar-refractivity contribution in [2.75, 3.05) is 0 Å². The van der Waals surface area contributed by atoms with Crippen molar-refractivity contribution in [2.45, 2.75) is 58.3 Å². The highest BCUT2D eigenvalue weighted by Crippen LogP contribution is 2.38. The molecule has 0 aliphatic heterocycles. The van der Waals surface area contributed by atoms with Crippen molar-refractivity contribution >= 4 is 0 Å². The molecule has 0 nitrogen and oxygen atoms in total. The molecule has 0 spiro atoms. The van der Waals surface area contributed by atoms with Gasteiger partial charge in [-0.05, 0) is 19.3 Å². The van der Waals surface area contributed by atoms with Crippen LogP contribution < -0.4 is 0 Å². The molecule has 0 aromatic carbocycles. The lowest BCUT2D eigenvalue weighted by atomic mass is 9.74. The molecule has 80 valence electrons. The number of rotatable bonds is 5. The minimum atomic E-state index is 0.353. The van der Waals surface area contributed by atoms with Gasteiger partial charge in [0.05, 0.1) is 0 Å². The number of allylic oxidation sites excluding steroid dienone is 3. The number of hydrogen-bond acceptors (Lipinski definition) is 0. The Morgan fingerprint density at radius 3 is 2.50 bits per heavy atom. The van der Waals surface area contributed by atoms with Crippen LogP contribution in [0.4, 0.5) is 0 Å². The molecular weight excluding hydrogens is 168 g/mol. The third kappa shape index (κ3) is 3.32. The van der Waals surface area contributed by atoms with Gasteiger partial charge in [-0.2, -0.15) is 0 Å². The van der Waals surface area contributed by atoms with Crippen LogP contribution in [0.15, 0.2) is 24.8 Å². The van der Waals surface area contributed by atoms with Crippen LogP contribution in [0, 0.1) is 5.41 Å². The summed E-state index contributed by atoms with van der Waals surface area (Å²) in [6, 6.07) is 0. The molecule has 0 aromatic heterocycles. The van der Waals surface area contributed by atoms with Crippen molar-refractivity contribution in [1.29, 1.82) is 0 Å². The van der Waals surface area contributed by atoms with E-state index in [0.717, 1.165) is 0 Å². The Labute approximate surface area is 89.1 Å². The molecule has 0 radical (unpaired) electrons. The number of unbranched alkanes of at least 4 members (excludes halogenated alkanes) is 2. The summed E-state index contributed by atoms with van der Waals surface area (Å²) in [7, 11) is 0. The normalized spacial score (nSPS) is 21.2. The maximum Gasteiger partial charge on any atom is 0.00583 e. The largest absolute Gasteiger partial charge is 0.102 e. The molecule has 0 heteroatoms. The van der Waals surface area contributed by atoms with Gasteiger partial charge < -0.3 is 0 Å². The Hall–Kier alpha value is -0.520. The van der Waals surface area contributed by atoms with Crippen LogP contribution >= 0.6 is 0 Å². The van der Waals surface area contributed by atoms with Gasteiger partial charge in [-0.1, -0.05) is 57.3 Å². The minimum Gasteiger partial charge on any atom is -0.102 e. The van der Waals surface area contributed by atoms with Crippen LogP contribution in [0.1, 0.15) is 58.3 Å². The van der Waals surface area contributed by atoms with Gasteiger partial charge in [0.2, 0.25) is 0 Å². The monoisotopic (exact) mass is 192 g/mol. The first-order valence-electron chi connectivity index (χ1n) is 6.14. The molecule has 1 fully saturated rings. The average Bonchev–Trinajstić information content (AvgIpc) is 2.26. The molecule has 0 heterocycles. The zero-order valence-electron chi connectivity index (χ0n) is 9.60. The van der Waals surface area contributed by atoms with E-state index in [1.807, 2.05) is 0 Å². The summed E-state index contributed by atoms with van der Waals surface area (Å²) in [5, 5.41) is 0. The lowest BCUT2D eigenvalue weighted by Gasteiger charge is -2.31. The van der Waals surface area contributed by atoms with E-state index in [1.54, 1.807) is 0 Å². The van der Waals surface area contributed by atoms with Gasteiger partial charge >= 0.3 is 0 Å². The summed E-state index contributed by atoms with van der Waals surface area (Å²) in [5.41, 5.74) is 0.353.